The number of nitrogens with one attached hydrogen (secondary N) is 1. The van der Waals surface area contributed by atoms with Crippen molar-refractivity contribution in [1.82, 2.24) is 4.90 Å². The molecule has 21 heavy (non-hydrogen) atoms. The van der Waals surface area contributed by atoms with E-state index in [1.165, 1.54) is 12.1 Å². The first-order valence-corrected chi connectivity index (χ1v) is 6.46. The van der Waals surface area contributed by atoms with E-state index in [1.807, 2.05) is 25.1 Å². The number of hydrogen-bond donors (Lipinski definition) is 1. The van der Waals surface area contributed by atoms with Crippen molar-refractivity contribution in [2.75, 3.05) is 19.4 Å². The molecular formula is C16H16F2N2O. The Morgan fingerprint density at radius 3 is 2.57 bits per heavy atom. The van der Waals surface area contributed by atoms with Gasteiger partial charge in [-0.2, -0.15) is 0 Å². The number of anilines is 1. The van der Waals surface area contributed by atoms with Crippen LogP contribution in [0.3, 0.4) is 0 Å². The highest BCUT2D eigenvalue weighted by Gasteiger charge is 2.15. The van der Waals surface area contributed by atoms with Crippen LogP contribution in [-0.4, -0.2) is 24.9 Å². The average molecular weight is 290 g/mol. The Balaban J connectivity index is 2.18. The molecule has 2 aromatic carbocycles. The molecule has 0 aliphatic carbocycles. The lowest BCUT2D eigenvalue weighted by Gasteiger charge is -2.11. The van der Waals surface area contributed by atoms with Gasteiger partial charge in [0.05, 0.1) is 5.56 Å². The summed E-state index contributed by atoms with van der Waals surface area (Å²) in [6.07, 6.45) is 0. The molecule has 0 aromatic heterocycles. The molecule has 0 saturated carbocycles. The smallest absolute Gasteiger partial charge is 0.258 e. The maximum atomic E-state index is 13.6. The highest BCUT2D eigenvalue weighted by molar-refractivity contribution is 6.04. The molecule has 0 radical (unpaired) electrons. The topological polar surface area (TPSA) is 32.3 Å². The Morgan fingerprint density at radius 2 is 1.86 bits per heavy atom. The zero-order chi connectivity index (χ0) is 15.4. The molecule has 2 rings (SSSR count). The standard InChI is InChI=1S/C16H16F2N2O/c1-20(2)10-11-5-3-6-12(9-11)19-16(21)13-7-4-8-14(17)15(13)18/h3-9H,10H2,1-2H3,(H,19,21). The quantitative estimate of drug-likeness (QED) is 0.937. The number of amides is 1. The summed E-state index contributed by atoms with van der Waals surface area (Å²) >= 11 is 0. The highest BCUT2D eigenvalue weighted by Crippen LogP contribution is 2.16. The van der Waals surface area contributed by atoms with E-state index in [0.717, 1.165) is 18.2 Å². The third-order valence-electron chi connectivity index (χ3n) is 2.88. The summed E-state index contributed by atoms with van der Waals surface area (Å²) < 4.78 is 26.7. The van der Waals surface area contributed by atoms with Gasteiger partial charge in [0, 0.05) is 12.2 Å². The van der Waals surface area contributed by atoms with Gasteiger partial charge in [-0.25, -0.2) is 8.78 Å². The van der Waals surface area contributed by atoms with Crippen molar-refractivity contribution in [2.45, 2.75) is 6.54 Å². The molecule has 0 atom stereocenters. The van der Waals surface area contributed by atoms with Crippen molar-refractivity contribution in [1.29, 1.82) is 0 Å². The Labute approximate surface area is 122 Å². The molecule has 0 aliphatic rings. The van der Waals surface area contributed by atoms with Gasteiger partial charge in [0.15, 0.2) is 11.6 Å². The van der Waals surface area contributed by atoms with E-state index < -0.39 is 17.5 Å². The second kappa shape index (κ2) is 6.45. The Hall–Kier alpha value is -2.27. The minimum atomic E-state index is -1.14. The van der Waals surface area contributed by atoms with Gasteiger partial charge in [-0.3, -0.25) is 4.79 Å². The minimum absolute atomic E-state index is 0.312. The third kappa shape index (κ3) is 3.86. The fourth-order valence-electron chi connectivity index (χ4n) is 1.99. The number of benzene rings is 2. The van der Waals surface area contributed by atoms with E-state index in [-0.39, 0.29) is 5.56 Å². The summed E-state index contributed by atoms with van der Waals surface area (Å²) in [4.78, 5) is 14.0. The third-order valence-corrected chi connectivity index (χ3v) is 2.88. The van der Waals surface area contributed by atoms with Crippen LogP contribution in [0, 0.1) is 11.6 Å². The van der Waals surface area contributed by atoms with E-state index >= 15 is 0 Å². The first-order valence-electron chi connectivity index (χ1n) is 6.46. The summed E-state index contributed by atoms with van der Waals surface area (Å²) in [6, 6.07) is 10.8. The van der Waals surface area contributed by atoms with Crippen molar-refractivity contribution in [2.24, 2.45) is 0 Å². The number of carbonyl (C=O) groups excluding carboxylic acids is 1. The van der Waals surface area contributed by atoms with Crippen LogP contribution in [0.1, 0.15) is 15.9 Å². The Bertz CT molecular complexity index is 656. The molecular weight excluding hydrogens is 274 g/mol. The lowest BCUT2D eigenvalue weighted by atomic mass is 10.1. The molecule has 0 bridgehead atoms. The maximum absolute atomic E-state index is 13.6. The van der Waals surface area contributed by atoms with Crippen molar-refractivity contribution in [3.63, 3.8) is 0 Å². The minimum Gasteiger partial charge on any atom is -0.322 e. The van der Waals surface area contributed by atoms with Crippen LogP contribution in [0.15, 0.2) is 42.5 Å². The summed E-state index contributed by atoms with van der Waals surface area (Å²) in [6.45, 7) is 0.720. The zero-order valence-electron chi connectivity index (χ0n) is 11.9. The molecule has 2 aromatic rings. The summed E-state index contributed by atoms with van der Waals surface area (Å²) in [5.41, 5.74) is 1.24. The van der Waals surface area contributed by atoms with Crippen molar-refractivity contribution < 1.29 is 13.6 Å². The molecule has 1 amide bonds. The van der Waals surface area contributed by atoms with Gasteiger partial charge in [-0.15, -0.1) is 0 Å². The fourth-order valence-corrected chi connectivity index (χ4v) is 1.99. The Kier molecular flexibility index (Phi) is 4.65. The second-order valence-electron chi connectivity index (χ2n) is 4.99. The van der Waals surface area contributed by atoms with Crippen molar-refractivity contribution in [3.8, 4) is 0 Å². The van der Waals surface area contributed by atoms with Gasteiger partial charge >= 0.3 is 0 Å². The first-order chi connectivity index (χ1) is 9.97. The summed E-state index contributed by atoms with van der Waals surface area (Å²) in [5, 5.41) is 2.58. The van der Waals surface area contributed by atoms with Crippen LogP contribution < -0.4 is 5.32 Å². The van der Waals surface area contributed by atoms with E-state index in [4.69, 9.17) is 0 Å². The Morgan fingerprint density at radius 1 is 1.14 bits per heavy atom. The van der Waals surface area contributed by atoms with E-state index in [1.54, 1.807) is 18.2 Å². The predicted molar refractivity (Wildman–Crippen MR) is 78.1 cm³/mol. The molecule has 0 unspecified atom stereocenters. The van der Waals surface area contributed by atoms with Gasteiger partial charge in [0.25, 0.3) is 5.91 Å². The second-order valence-corrected chi connectivity index (χ2v) is 4.99. The normalized spacial score (nSPS) is 10.7. The molecule has 1 N–H and O–H groups in total. The van der Waals surface area contributed by atoms with Gasteiger partial charge in [-0.05, 0) is 43.9 Å². The number of hydrogen-bond acceptors (Lipinski definition) is 2. The molecule has 0 heterocycles. The van der Waals surface area contributed by atoms with Crippen LogP contribution in [0.5, 0.6) is 0 Å². The van der Waals surface area contributed by atoms with Gasteiger partial charge in [0.1, 0.15) is 0 Å². The van der Waals surface area contributed by atoms with E-state index in [2.05, 4.69) is 5.32 Å². The molecule has 5 heteroatoms. The van der Waals surface area contributed by atoms with Crippen LogP contribution in [0.4, 0.5) is 14.5 Å². The number of carbonyl (C=O) groups is 1. The lowest BCUT2D eigenvalue weighted by molar-refractivity contribution is 0.102. The lowest BCUT2D eigenvalue weighted by Crippen LogP contribution is -2.15. The molecule has 0 aliphatic heterocycles. The largest absolute Gasteiger partial charge is 0.322 e. The van der Waals surface area contributed by atoms with Crippen LogP contribution >= 0.6 is 0 Å². The summed E-state index contributed by atoms with van der Waals surface area (Å²) in [5.74, 6) is -2.85. The predicted octanol–water partition coefficient (Wildman–Crippen LogP) is 3.28. The molecule has 0 spiro atoms. The van der Waals surface area contributed by atoms with Crippen LogP contribution in [0.2, 0.25) is 0 Å². The van der Waals surface area contributed by atoms with Gasteiger partial charge in [-0.1, -0.05) is 18.2 Å². The van der Waals surface area contributed by atoms with Gasteiger partial charge in [0.2, 0.25) is 0 Å². The highest BCUT2D eigenvalue weighted by atomic mass is 19.2. The first kappa shape index (κ1) is 15.1. The molecule has 110 valence electrons. The summed E-state index contributed by atoms with van der Waals surface area (Å²) in [7, 11) is 3.88. The van der Waals surface area contributed by atoms with E-state index in [9.17, 15) is 13.6 Å². The van der Waals surface area contributed by atoms with Crippen molar-refractivity contribution >= 4 is 11.6 Å². The molecule has 0 saturated heterocycles. The van der Waals surface area contributed by atoms with Crippen molar-refractivity contribution in [3.05, 3.63) is 65.2 Å². The fraction of sp³-hybridized carbons (Fsp3) is 0.188. The molecule has 0 fully saturated rings. The number of halogens is 2. The number of rotatable bonds is 4. The average Bonchev–Trinajstić information content (AvgIpc) is 2.41. The maximum Gasteiger partial charge on any atom is 0.258 e. The zero-order valence-corrected chi connectivity index (χ0v) is 11.9. The van der Waals surface area contributed by atoms with Gasteiger partial charge < -0.3 is 10.2 Å². The monoisotopic (exact) mass is 290 g/mol. The van der Waals surface area contributed by atoms with E-state index in [0.29, 0.717) is 5.69 Å². The number of nitrogens with zero attached hydrogens (tertiary/aromatic N) is 1. The van der Waals surface area contributed by atoms with Crippen LogP contribution in [0.25, 0.3) is 0 Å². The molecule has 3 nitrogen and oxygen atoms in total. The SMILES string of the molecule is CN(C)Cc1cccc(NC(=O)c2cccc(F)c2F)c1. The van der Waals surface area contributed by atoms with Crippen LogP contribution in [-0.2, 0) is 6.54 Å².